The second kappa shape index (κ2) is 34.2. The maximum absolute atomic E-state index is 11.6. The van der Waals surface area contributed by atoms with Gasteiger partial charge in [-0.1, -0.05) is 52.0 Å². The number of para-hydroxylation sites is 4. The number of likely N-dealkylation sites (N-methyl/N-ethyl adjacent to an activating group) is 1. The number of methoxy groups -OCH3 is 2. The minimum absolute atomic E-state index is 0.245. The number of aromatic amines is 2. The van der Waals surface area contributed by atoms with Gasteiger partial charge in [0, 0.05) is 90.4 Å². The van der Waals surface area contributed by atoms with Gasteiger partial charge in [-0.05, 0) is 64.9 Å². The first kappa shape index (κ1) is 57.0. The number of carbonyl (C=O) groups excluding carboxylic acids is 1. The number of benzene rings is 2. The first-order valence-corrected chi connectivity index (χ1v) is 24.2. The molecule has 0 radical (unpaired) electrons. The van der Waals surface area contributed by atoms with Crippen molar-refractivity contribution in [2.75, 3.05) is 102 Å². The normalized spacial score (nSPS) is 14.8. The molecule has 2 saturated heterocycles. The van der Waals surface area contributed by atoms with Crippen molar-refractivity contribution < 1.29 is 22.8 Å². The number of aromatic nitrogens is 6. The molecule has 5 N–H and O–H groups in total. The van der Waals surface area contributed by atoms with Crippen LogP contribution in [0.1, 0.15) is 71.0 Å². The summed E-state index contributed by atoms with van der Waals surface area (Å²) in [6.07, 6.45) is 7.04. The summed E-state index contributed by atoms with van der Waals surface area (Å²) in [5.74, 6) is 4.67. The maximum atomic E-state index is 11.6. The number of anilines is 2. The van der Waals surface area contributed by atoms with Crippen LogP contribution < -0.4 is 35.6 Å². The van der Waals surface area contributed by atoms with Crippen molar-refractivity contribution in [2.45, 2.75) is 74.7 Å². The topological polar surface area (TPSA) is 231 Å². The van der Waals surface area contributed by atoms with Gasteiger partial charge in [-0.25, -0.2) is 19.6 Å². The predicted molar refractivity (Wildman–Crippen MR) is 270 cm³/mol. The largest absolute Gasteiger partial charge is 0.495 e. The van der Waals surface area contributed by atoms with Gasteiger partial charge in [-0.3, -0.25) is 9.89 Å². The number of nitrogens with zero attached hydrogens (tertiary/aromatic N) is 11. The first-order chi connectivity index (χ1) is 32.5. The van der Waals surface area contributed by atoms with E-state index in [1.807, 2.05) is 69.9 Å². The highest BCUT2D eigenvalue weighted by molar-refractivity contribution is 7.79. The Balaban J connectivity index is 0.000000287. The number of nitrogens with one attached hydrogen (secondary N) is 5. The van der Waals surface area contributed by atoms with E-state index in [0.717, 1.165) is 131 Å². The molecule has 0 spiro atoms. The Morgan fingerprint density at radius 3 is 1.78 bits per heavy atom. The maximum Gasteiger partial charge on any atom is 0.222 e. The Bertz CT molecular complexity index is 2050. The minimum Gasteiger partial charge on any atom is -0.495 e. The Morgan fingerprint density at radius 1 is 0.806 bits per heavy atom. The summed E-state index contributed by atoms with van der Waals surface area (Å²) < 4.78 is 25.1. The van der Waals surface area contributed by atoms with Crippen molar-refractivity contribution in [3.05, 3.63) is 71.6 Å². The quantitative estimate of drug-likeness (QED) is 0.0986. The van der Waals surface area contributed by atoms with Gasteiger partial charge < -0.3 is 34.4 Å². The molecule has 3 aliphatic heterocycles. The van der Waals surface area contributed by atoms with Crippen LogP contribution in [0.3, 0.4) is 0 Å². The number of aliphatic imine (C=N–C) groups is 1. The van der Waals surface area contributed by atoms with E-state index in [1.54, 1.807) is 27.4 Å². The molecule has 2 aromatic heterocycles. The number of guanidine groups is 1. The Labute approximate surface area is 400 Å². The fourth-order valence-electron chi connectivity index (χ4n) is 6.42. The van der Waals surface area contributed by atoms with E-state index >= 15 is 0 Å². The van der Waals surface area contributed by atoms with Gasteiger partial charge >= 0.3 is 0 Å². The van der Waals surface area contributed by atoms with Crippen LogP contribution in [0.25, 0.3) is 0 Å². The lowest BCUT2D eigenvalue weighted by Crippen LogP contribution is -2.48. The highest BCUT2D eigenvalue weighted by Crippen LogP contribution is 2.29. The molecule has 0 saturated carbocycles. The summed E-state index contributed by atoms with van der Waals surface area (Å²) in [4.78, 5) is 28.8. The van der Waals surface area contributed by atoms with Crippen LogP contribution in [0.5, 0.6) is 11.5 Å². The number of carbonyl (C=O) groups is 1. The van der Waals surface area contributed by atoms with Crippen LogP contribution >= 0.6 is 0 Å². The minimum atomic E-state index is -1.29. The van der Waals surface area contributed by atoms with Gasteiger partial charge in [0.05, 0.1) is 43.5 Å². The summed E-state index contributed by atoms with van der Waals surface area (Å²) in [7, 11) is 3.43. The Hall–Kier alpha value is -6.13. The fourth-order valence-corrected chi connectivity index (χ4v) is 6.57. The molecule has 3 aliphatic rings. The number of aryl methyl sites for hydroxylation is 4. The van der Waals surface area contributed by atoms with Crippen molar-refractivity contribution in [1.82, 2.24) is 56.7 Å². The van der Waals surface area contributed by atoms with E-state index in [0.29, 0.717) is 6.42 Å². The molecule has 4 aromatic rings. The average Bonchev–Trinajstić information content (AvgIpc) is 4.17. The van der Waals surface area contributed by atoms with Crippen LogP contribution in [0.2, 0.25) is 0 Å². The molecular formula is C45H76N16O5S. The van der Waals surface area contributed by atoms with E-state index in [1.165, 1.54) is 18.2 Å². The smallest absolute Gasteiger partial charge is 0.222 e. The summed E-state index contributed by atoms with van der Waals surface area (Å²) in [5.41, 5.74) is 9.25. The SMILES string of the molecule is C/C=N/NOS(C)=O.CC=NNC1=NCCN1.CCC(=O)N1CCN(c2ccccc2OC)CC1.CCN1CCN(c2ccccc2OC)CC1.CCc1n[nH]c(C)n1.CCc1n[nH]nc1C. The molecule has 2 aromatic carbocycles. The molecule has 1 amide bonds. The van der Waals surface area contributed by atoms with Crippen LogP contribution in [-0.2, 0) is 33.0 Å². The first-order valence-electron chi connectivity index (χ1n) is 22.7. The monoisotopic (exact) mass is 953 g/mol. The molecule has 67 heavy (non-hydrogen) atoms. The van der Waals surface area contributed by atoms with Crippen molar-refractivity contribution in [3.8, 4) is 11.5 Å². The van der Waals surface area contributed by atoms with Crippen LogP contribution in [-0.4, -0.2) is 161 Å². The van der Waals surface area contributed by atoms with Gasteiger partial charge in [-0.2, -0.15) is 40.6 Å². The van der Waals surface area contributed by atoms with Crippen molar-refractivity contribution in [1.29, 1.82) is 0 Å². The highest BCUT2D eigenvalue weighted by atomic mass is 32.2. The third kappa shape index (κ3) is 22.3. The van der Waals surface area contributed by atoms with E-state index in [4.69, 9.17) is 9.47 Å². The van der Waals surface area contributed by atoms with Gasteiger partial charge in [0.2, 0.25) is 11.9 Å². The third-order valence-corrected chi connectivity index (χ3v) is 10.3. The van der Waals surface area contributed by atoms with E-state index in [9.17, 15) is 9.00 Å². The van der Waals surface area contributed by atoms with Crippen molar-refractivity contribution >= 4 is 46.8 Å². The molecule has 0 bridgehead atoms. The van der Waals surface area contributed by atoms with Crippen LogP contribution in [0.15, 0.2) is 63.7 Å². The third-order valence-electron chi connectivity index (χ3n) is 10.0. The molecule has 2 fully saturated rings. The standard InChI is InChI=1S/C14H20N2O2.C13H20N2O.C5H10N4.2C5H9N3.C3H8N2O2S/c1-3-14(17)16-10-8-15(9-11-16)12-6-4-5-7-13(12)18-2;1-3-14-8-10-15(11-9-14)12-6-4-5-7-13(12)16-2;1-2-8-9-5-6-3-4-7-5;1-3-5-6-4(2)7-8-5;1-3-5-4(2)6-8-7-5;1-3-4-5-7-8(2)6/h4-7H,3,8-11H2,1-2H3;4-7H,3,8-11H2,1-2H3;2H,3-4H2,1H3,(H2,6,7,9);2*3H2,1-2H3,(H,6,7,8);3,5H,1-2H3/b;;;;;4-3+. The number of piperazine rings is 2. The van der Waals surface area contributed by atoms with Gasteiger partial charge in [0.15, 0.2) is 11.1 Å². The van der Waals surface area contributed by atoms with Gasteiger partial charge in [0.25, 0.3) is 0 Å². The number of hydrazone groups is 2. The molecule has 5 heterocycles. The van der Waals surface area contributed by atoms with Crippen LogP contribution in [0, 0.1) is 13.8 Å². The molecule has 22 heteroatoms. The number of hydrogen-bond donors (Lipinski definition) is 5. The Kier molecular flexibility index (Phi) is 29.1. The number of amides is 1. The highest BCUT2D eigenvalue weighted by Gasteiger charge is 2.22. The lowest BCUT2D eigenvalue weighted by Gasteiger charge is -2.36. The lowest BCUT2D eigenvalue weighted by atomic mass is 10.2. The number of hydrogen-bond acceptors (Lipinski definition) is 18. The zero-order chi connectivity index (χ0) is 49.2. The van der Waals surface area contributed by atoms with E-state index < -0.39 is 11.1 Å². The second-order valence-corrected chi connectivity index (χ2v) is 15.5. The number of rotatable bonds is 12. The van der Waals surface area contributed by atoms with Crippen LogP contribution in [0.4, 0.5) is 11.4 Å². The molecular weight excluding hydrogens is 877 g/mol. The second-order valence-electron chi connectivity index (χ2n) is 14.5. The summed E-state index contributed by atoms with van der Waals surface area (Å²) >= 11 is -1.29. The molecule has 0 aliphatic carbocycles. The summed E-state index contributed by atoms with van der Waals surface area (Å²) in [5, 5.41) is 27.2. The lowest BCUT2D eigenvalue weighted by molar-refractivity contribution is -0.131. The number of ether oxygens (including phenoxy) is 2. The van der Waals surface area contributed by atoms with E-state index in [2.05, 4.69) is 113 Å². The number of H-pyrrole nitrogens is 2. The molecule has 21 nitrogen and oxygen atoms in total. The summed E-state index contributed by atoms with van der Waals surface area (Å²) in [6, 6.07) is 16.3. The Morgan fingerprint density at radius 2 is 1.39 bits per heavy atom. The average molecular weight is 953 g/mol. The molecule has 1 atom stereocenters. The zero-order valence-electron chi connectivity index (χ0n) is 41.5. The van der Waals surface area contributed by atoms with Gasteiger partial charge in [-0.15, -0.1) is 0 Å². The predicted octanol–water partition coefficient (Wildman–Crippen LogP) is 4.29. The van der Waals surface area contributed by atoms with Gasteiger partial charge in [0.1, 0.15) is 23.1 Å². The molecule has 372 valence electrons. The zero-order valence-corrected chi connectivity index (χ0v) is 42.4. The van der Waals surface area contributed by atoms with E-state index in [-0.39, 0.29) is 5.91 Å². The molecule has 7 rings (SSSR count). The van der Waals surface area contributed by atoms with Crippen molar-refractivity contribution in [3.63, 3.8) is 0 Å². The summed E-state index contributed by atoms with van der Waals surface area (Å²) in [6.45, 7) is 26.4. The van der Waals surface area contributed by atoms with Crippen molar-refractivity contribution in [2.24, 2.45) is 15.2 Å². The molecule has 1 unspecified atom stereocenters. The fraction of sp³-hybridized carbons (Fsp3) is 0.556.